The highest BCUT2D eigenvalue weighted by Crippen LogP contribution is 2.36. The van der Waals surface area contributed by atoms with Crippen molar-refractivity contribution in [1.82, 2.24) is 0 Å². The standard InChI is InChI=1S/C27H18ClNO2S2/c28-22-6-3-7-23(16-22)29-26(30)25(33-27(29)32)15-18-9-12-24(13-10-18)31-17-19-8-11-20-4-1-2-5-21(20)14-19/h1-16H,17H2/b25-15+. The molecule has 0 saturated carbocycles. The second-order valence-electron chi connectivity index (χ2n) is 7.54. The molecule has 0 radical (unpaired) electrons. The van der Waals surface area contributed by atoms with Crippen LogP contribution in [0.1, 0.15) is 11.1 Å². The summed E-state index contributed by atoms with van der Waals surface area (Å²) in [6.45, 7) is 0.489. The molecule has 33 heavy (non-hydrogen) atoms. The van der Waals surface area contributed by atoms with E-state index in [4.69, 9.17) is 28.6 Å². The summed E-state index contributed by atoms with van der Waals surface area (Å²) in [4.78, 5) is 15.0. The fraction of sp³-hybridized carbons (Fsp3) is 0.0370. The maximum Gasteiger partial charge on any atom is 0.270 e. The number of benzene rings is 4. The van der Waals surface area contributed by atoms with Gasteiger partial charge in [0.25, 0.3) is 5.91 Å². The first-order chi connectivity index (χ1) is 16.1. The lowest BCUT2D eigenvalue weighted by Gasteiger charge is -2.14. The molecule has 1 aliphatic rings. The number of halogens is 1. The minimum atomic E-state index is -0.149. The average molecular weight is 488 g/mol. The van der Waals surface area contributed by atoms with Crippen molar-refractivity contribution in [3.05, 3.63) is 112 Å². The molecular formula is C27H18ClNO2S2. The molecule has 0 bridgehead atoms. The first kappa shape index (κ1) is 21.7. The van der Waals surface area contributed by atoms with Crippen molar-refractivity contribution >= 4 is 68.3 Å². The summed E-state index contributed by atoms with van der Waals surface area (Å²) < 4.78 is 6.45. The normalized spacial score (nSPS) is 14.9. The van der Waals surface area contributed by atoms with Gasteiger partial charge in [0, 0.05) is 5.02 Å². The SMILES string of the molecule is O=C1/C(=C\c2ccc(OCc3ccc4ccccc4c3)cc2)SC(=S)N1c1cccc(Cl)c1. The topological polar surface area (TPSA) is 29.5 Å². The van der Waals surface area contributed by atoms with Gasteiger partial charge in [-0.3, -0.25) is 9.69 Å². The number of thioether (sulfide) groups is 1. The van der Waals surface area contributed by atoms with Crippen LogP contribution in [-0.4, -0.2) is 10.2 Å². The van der Waals surface area contributed by atoms with Crippen LogP contribution in [0.2, 0.25) is 5.02 Å². The van der Waals surface area contributed by atoms with E-state index in [0.29, 0.717) is 26.5 Å². The lowest BCUT2D eigenvalue weighted by Crippen LogP contribution is -2.27. The molecule has 0 atom stereocenters. The van der Waals surface area contributed by atoms with E-state index in [1.165, 1.54) is 27.4 Å². The van der Waals surface area contributed by atoms with Crippen LogP contribution < -0.4 is 9.64 Å². The fourth-order valence-electron chi connectivity index (χ4n) is 3.61. The molecule has 0 aliphatic carbocycles. The predicted molar refractivity (Wildman–Crippen MR) is 142 cm³/mol. The summed E-state index contributed by atoms with van der Waals surface area (Å²) in [7, 11) is 0. The molecule has 0 aromatic heterocycles. The van der Waals surface area contributed by atoms with E-state index >= 15 is 0 Å². The zero-order chi connectivity index (χ0) is 22.8. The Kier molecular flexibility index (Phi) is 6.18. The van der Waals surface area contributed by atoms with Crippen molar-refractivity contribution < 1.29 is 9.53 Å². The lowest BCUT2D eigenvalue weighted by molar-refractivity contribution is -0.113. The van der Waals surface area contributed by atoms with Crippen LogP contribution in [0, 0.1) is 0 Å². The summed E-state index contributed by atoms with van der Waals surface area (Å²) >= 11 is 12.8. The highest BCUT2D eigenvalue weighted by Gasteiger charge is 2.33. The molecule has 4 aromatic carbocycles. The van der Waals surface area contributed by atoms with Crippen molar-refractivity contribution in [3.63, 3.8) is 0 Å². The Hall–Kier alpha value is -3.12. The monoisotopic (exact) mass is 487 g/mol. The van der Waals surface area contributed by atoms with Crippen molar-refractivity contribution in [3.8, 4) is 5.75 Å². The van der Waals surface area contributed by atoms with E-state index in [-0.39, 0.29) is 5.91 Å². The largest absolute Gasteiger partial charge is 0.489 e. The highest BCUT2D eigenvalue weighted by atomic mass is 35.5. The van der Waals surface area contributed by atoms with Crippen LogP contribution in [0.4, 0.5) is 5.69 Å². The van der Waals surface area contributed by atoms with E-state index in [1.807, 2.05) is 48.5 Å². The summed E-state index contributed by atoms with van der Waals surface area (Å²) in [5.41, 5.74) is 2.69. The minimum absolute atomic E-state index is 0.149. The van der Waals surface area contributed by atoms with Gasteiger partial charge in [-0.05, 0) is 64.4 Å². The maximum absolute atomic E-state index is 12.9. The Balaban J connectivity index is 1.27. The zero-order valence-electron chi connectivity index (χ0n) is 17.4. The van der Waals surface area contributed by atoms with Crippen molar-refractivity contribution in [1.29, 1.82) is 0 Å². The number of nitrogens with zero attached hydrogens (tertiary/aromatic N) is 1. The number of anilines is 1. The molecule has 1 heterocycles. The van der Waals surface area contributed by atoms with E-state index < -0.39 is 0 Å². The number of amides is 1. The van der Waals surface area contributed by atoms with Gasteiger partial charge >= 0.3 is 0 Å². The Bertz CT molecular complexity index is 1400. The zero-order valence-corrected chi connectivity index (χ0v) is 19.8. The van der Waals surface area contributed by atoms with Gasteiger partial charge in [-0.25, -0.2) is 0 Å². The third-order valence-electron chi connectivity index (χ3n) is 5.26. The highest BCUT2D eigenvalue weighted by molar-refractivity contribution is 8.27. The second kappa shape index (κ2) is 9.40. The third kappa shape index (κ3) is 4.81. The van der Waals surface area contributed by atoms with Gasteiger partial charge in [0.15, 0.2) is 4.32 Å². The number of ether oxygens (including phenoxy) is 1. The number of hydrogen-bond acceptors (Lipinski definition) is 4. The smallest absolute Gasteiger partial charge is 0.270 e. The molecule has 1 aliphatic heterocycles. The number of fused-ring (bicyclic) bond motifs is 1. The van der Waals surface area contributed by atoms with Crippen LogP contribution in [0.3, 0.4) is 0 Å². The first-order valence-corrected chi connectivity index (χ1v) is 11.9. The van der Waals surface area contributed by atoms with Crippen LogP contribution in [0.15, 0.2) is 95.9 Å². The number of carbonyl (C=O) groups excluding carboxylic acids is 1. The summed E-state index contributed by atoms with van der Waals surface area (Å²) in [5.74, 6) is 0.621. The number of hydrogen-bond donors (Lipinski definition) is 0. The van der Waals surface area contributed by atoms with Crippen LogP contribution in [0.25, 0.3) is 16.8 Å². The molecule has 1 fully saturated rings. The molecular weight excluding hydrogens is 470 g/mol. The van der Waals surface area contributed by atoms with Gasteiger partial charge < -0.3 is 4.74 Å². The fourth-order valence-corrected chi connectivity index (χ4v) is 5.10. The van der Waals surface area contributed by atoms with Crippen LogP contribution in [0.5, 0.6) is 5.75 Å². The molecule has 4 aromatic rings. The van der Waals surface area contributed by atoms with Crippen molar-refractivity contribution in [2.24, 2.45) is 0 Å². The maximum atomic E-state index is 12.9. The Morgan fingerprint density at radius 1 is 0.909 bits per heavy atom. The third-order valence-corrected chi connectivity index (χ3v) is 6.79. The number of rotatable bonds is 5. The summed E-state index contributed by atoms with van der Waals surface area (Å²) in [6.07, 6.45) is 1.84. The molecule has 0 N–H and O–H groups in total. The Morgan fingerprint density at radius 2 is 1.70 bits per heavy atom. The molecule has 3 nitrogen and oxygen atoms in total. The quantitative estimate of drug-likeness (QED) is 0.215. The first-order valence-electron chi connectivity index (χ1n) is 10.3. The predicted octanol–water partition coefficient (Wildman–Crippen LogP) is 7.48. The van der Waals surface area contributed by atoms with Crippen molar-refractivity contribution in [2.75, 3.05) is 4.90 Å². The Labute approximate surface area is 206 Å². The molecule has 0 unspecified atom stereocenters. The molecule has 6 heteroatoms. The van der Waals surface area contributed by atoms with Crippen LogP contribution >= 0.6 is 35.6 Å². The second-order valence-corrected chi connectivity index (χ2v) is 9.65. The van der Waals surface area contributed by atoms with Gasteiger partial charge in [-0.2, -0.15) is 0 Å². The number of thiocarbonyl (C=S) groups is 1. The van der Waals surface area contributed by atoms with Crippen LogP contribution in [-0.2, 0) is 11.4 Å². The average Bonchev–Trinajstić information content (AvgIpc) is 3.11. The molecule has 1 amide bonds. The molecule has 162 valence electrons. The lowest BCUT2D eigenvalue weighted by atomic mass is 10.1. The minimum Gasteiger partial charge on any atom is -0.489 e. The summed E-state index contributed by atoms with van der Waals surface area (Å²) in [5, 5.41) is 2.97. The van der Waals surface area contributed by atoms with E-state index in [2.05, 4.69) is 30.3 Å². The van der Waals surface area contributed by atoms with Crippen molar-refractivity contribution in [2.45, 2.75) is 6.61 Å². The van der Waals surface area contributed by atoms with E-state index in [9.17, 15) is 4.79 Å². The Morgan fingerprint density at radius 3 is 2.48 bits per heavy atom. The van der Waals surface area contributed by atoms with Gasteiger partial charge in [0.2, 0.25) is 0 Å². The van der Waals surface area contributed by atoms with Gasteiger partial charge in [0.1, 0.15) is 12.4 Å². The van der Waals surface area contributed by atoms with Gasteiger partial charge in [-0.1, -0.05) is 90.2 Å². The molecule has 1 saturated heterocycles. The summed E-state index contributed by atoms with van der Waals surface area (Å²) in [6, 6.07) is 29.4. The number of carbonyl (C=O) groups is 1. The van der Waals surface area contributed by atoms with E-state index in [0.717, 1.165) is 16.9 Å². The van der Waals surface area contributed by atoms with Gasteiger partial charge in [-0.15, -0.1) is 0 Å². The van der Waals surface area contributed by atoms with Gasteiger partial charge in [0.05, 0.1) is 10.6 Å². The molecule has 0 spiro atoms. The van der Waals surface area contributed by atoms with E-state index in [1.54, 1.807) is 18.2 Å². The molecule has 5 rings (SSSR count).